The van der Waals surface area contributed by atoms with Crippen LogP contribution in [0.4, 0.5) is 0 Å². The fourth-order valence-corrected chi connectivity index (χ4v) is 4.24. The molecule has 4 heteroatoms. The molecule has 104 valence electrons. The van der Waals surface area contributed by atoms with Gasteiger partial charge in [0.05, 0.1) is 6.04 Å². The van der Waals surface area contributed by atoms with Gasteiger partial charge in [-0.05, 0) is 43.0 Å². The van der Waals surface area contributed by atoms with Crippen molar-refractivity contribution >= 4 is 17.2 Å². The highest BCUT2D eigenvalue weighted by Gasteiger charge is 2.31. The summed E-state index contributed by atoms with van der Waals surface area (Å²) >= 11 is 1.81. The van der Waals surface area contributed by atoms with E-state index in [2.05, 4.69) is 28.1 Å². The van der Waals surface area contributed by atoms with Crippen LogP contribution in [-0.2, 0) is 4.79 Å². The summed E-state index contributed by atoms with van der Waals surface area (Å²) in [5.74, 6) is 0.888. The Bertz CT molecular complexity index is 412. The second-order valence-corrected chi connectivity index (χ2v) is 6.67. The highest BCUT2D eigenvalue weighted by molar-refractivity contribution is 7.10. The van der Waals surface area contributed by atoms with E-state index in [0.29, 0.717) is 12.0 Å². The number of nitrogens with one attached hydrogen (secondary N) is 2. The third-order valence-corrected chi connectivity index (χ3v) is 5.34. The first kappa shape index (κ1) is 13.1. The lowest BCUT2D eigenvalue weighted by atomic mass is 9.94. The van der Waals surface area contributed by atoms with Gasteiger partial charge in [-0.25, -0.2) is 0 Å². The summed E-state index contributed by atoms with van der Waals surface area (Å²) in [5.41, 5.74) is 0. The molecule has 3 rings (SSSR count). The average Bonchev–Trinajstić information content (AvgIpc) is 3.11. The van der Waals surface area contributed by atoms with Crippen molar-refractivity contribution in [3.63, 3.8) is 0 Å². The zero-order valence-electron chi connectivity index (χ0n) is 11.2. The SMILES string of the molecule is O=C1NCCCC1NC(c1cccs1)C1CCCC1. The number of amides is 1. The predicted octanol–water partition coefficient (Wildman–Crippen LogP) is 2.85. The first-order valence-electron chi connectivity index (χ1n) is 7.42. The monoisotopic (exact) mass is 278 g/mol. The fraction of sp³-hybridized carbons (Fsp3) is 0.667. The molecule has 2 unspecified atom stereocenters. The summed E-state index contributed by atoms with van der Waals surface area (Å²) in [5, 5.41) is 8.76. The lowest BCUT2D eigenvalue weighted by Crippen LogP contribution is -2.50. The third-order valence-electron chi connectivity index (χ3n) is 4.39. The van der Waals surface area contributed by atoms with Crippen molar-refractivity contribution in [2.45, 2.75) is 50.6 Å². The highest BCUT2D eigenvalue weighted by atomic mass is 32.1. The Hall–Kier alpha value is -0.870. The minimum atomic E-state index is 0.00134. The second kappa shape index (κ2) is 6.06. The number of piperidine rings is 1. The van der Waals surface area contributed by atoms with Crippen LogP contribution >= 0.6 is 11.3 Å². The number of carbonyl (C=O) groups is 1. The molecule has 3 nitrogen and oxygen atoms in total. The molecule has 1 aromatic rings. The molecular formula is C15H22N2OS. The normalized spacial score (nSPS) is 26.3. The average molecular weight is 278 g/mol. The van der Waals surface area contributed by atoms with Crippen molar-refractivity contribution in [3.8, 4) is 0 Å². The van der Waals surface area contributed by atoms with Crippen LogP contribution in [0.3, 0.4) is 0 Å². The van der Waals surface area contributed by atoms with Gasteiger partial charge in [-0.15, -0.1) is 11.3 Å². The molecule has 1 aliphatic carbocycles. The van der Waals surface area contributed by atoms with Crippen LogP contribution in [0, 0.1) is 5.92 Å². The van der Waals surface area contributed by atoms with Crippen LogP contribution in [0.25, 0.3) is 0 Å². The second-order valence-electron chi connectivity index (χ2n) is 5.69. The van der Waals surface area contributed by atoms with E-state index in [4.69, 9.17) is 0 Å². The molecule has 1 aliphatic heterocycles. The maximum absolute atomic E-state index is 11.9. The minimum Gasteiger partial charge on any atom is -0.355 e. The minimum absolute atomic E-state index is 0.00134. The number of thiophene rings is 1. The largest absolute Gasteiger partial charge is 0.355 e. The van der Waals surface area contributed by atoms with Gasteiger partial charge in [0.15, 0.2) is 0 Å². The molecule has 0 radical (unpaired) electrons. The van der Waals surface area contributed by atoms with E-state index in [0.717, 1.165) is 19.4 Å². The molecule has 2 N–H and O–H groups in total. The zero-order chi connectivity index (χ0) is 13.1. The Morgan fingerprint density at radius 3 is 2.79 bits per heavy atom. The van der Waals surface area contributed by atoms with E-state index < -0.39 is 0 Å². The Kier molecular flexibility index (Phi) is 4.18. The molecule has 1 aromatic heterocycles. The molecular weight excluding hydrogens is 256 g/mol. The predicted molar refractivity (Wildman–Crippen MR) is 78.2 cm³/mol. The summed E-state index contributed by atoms with van der Waals surface area (Å²) in [6.07, 6.45) is 7.33. The third kappa shape index (κ3) is 3.00. The summed E-state index contributed by atoms with van der Waals surface area (Å²) < 4.78 is 0. The molecule has 2 atom stereocenters. The van der Waals surface area contributed by atoms with E-state index in [9.17, 15) is 4.79 Å². The van der Waals surface area contributed by atoms with Gasteiger partial charge in [0.2, 0.25) is 5.91 Å². The topological polar surface area (TPSA) is 41.1 Å². The quantitative estimate of drug-likeness (QED) is 0.889. The number of carbonyl (C=O) groups excluding carboxylic acids is 1. The van der Waals surface area contributed by atoms with Gasteiger partial charge in [-0.2, -0.15) is 0 Å². The van der Waals surface area contributed by atoms with Crippen LogP contribution < -0.4 is 10.6 Å². The molecule has 1 amide bonds. The molecule has 0 bridgehead atoms. The molecule has 19 heavy (non-hydrogen) atoms. The van der Waals surface area contributed by atoms with Crippen LogP contribution in [0.1, 0.15) is 49.4 Å². The van der Waals surface area contributed by atoms with Crippen LogP contribution in [0.15, 0.2) is 17.5 Å². The van der Waals surface area contributed by atoms with Crippen molar-refractivity contribution in [2.24, 2.45) is 5.92 Å². The molecule has 0 aromatic carbocycles. The Morgan fingerprint density at radius 2 is 2.11 bits per heavy atom. The van der Waals surface area contributed by atoms with Gasteiger partial charge < -0.3 is 5.32 Å². The van der Waals surface area contributed by atoms with Gasteiger partial charge in [0.25, 0.3) is 0 Å². The van der Waals surface area contributed by atoms with Crippen molar-refractivity contribution in [3.05, 3.63) is 22.4 Å². The maximum atomic E-state index is 11.9. The van der Waals surface area contributed by atoms with Crippen LogP contribution in [0.5, 0.6) is 0 Å². The van der Waals surface area contributed by atoms with E-state index in [1.807, 2.05) is 11.3 Å². The first-order chi connectivity index (χ1) is 9.34. The van der Waals surface area contributed by atoms with E-state index in [1.54, 1.807) is 0 Å². The highest BCUT2D eigenvalue weighted by Crippen LogP contribution is 2.37. The number of rotatable bonds is 4. The summed E-state index contributed by atoms with van der Waals surface area (Å²) in [6, 6.07) is 4.70. The van der Waals surface area contributed by atoms with Gasteiger partial charge in [0.1, 0.15) is 0 Å². The van der Waals surface area contributed by atoms with Crippen molar-refractivity contribution in [1.82, 2.24) is 10.6 Å². The smallest absolute Gasteiger partial charge is 0.237 e. The molecule has 2 aliphatic rings. The van der Waals surface area contributed by atoms with E-state index in [-0.39, 0.29) is 11.9 Å². The first-order valence-corrected chi connectivity index (χ1v) is 8.30. The maximum Gasteiger partial charge on any atom is 0.237 e. The van der Waals surface area contributed by atoms with Crippen molar-refractivity contribution in [1.29, 1.82) is 0 Å². The Labute approximate surface area is 118 Å². The van der Waals surface area contributed by atoms with Gasteiger partial charge in [0, 0.05) is 17.5 Å². The van der Waals surface area contributed by atoms with Crippen molar-refractivity contribution in [2.75, 3.05) is 6.54 Å². The molecule has 2 heterocycles. The molecule has 0 spiro atoms. The van der Waals surface area contributed by atoms with E-state index in [1.165, 1.54) is 30.6 Å². The van der Waals surface area contributed by atoms with Crippen molar-refractivity contribution < 1.29 is 4.79 Å². The summed E-state index contributed by atoms with van der Waals surface area (Å²) in [4.78, 5) is 13.3. The standard InChI is InChI=1S/C15H22N2OS/c18-15-12(7-3-9-16-15)17-14(11-5-1-2-6-11)13-8-4-10-19-13/h4,8,10-12,14,17H,1-3,5-7,9H2,(H,16,18). The van der Waals surface area contributed by atoms with Gasteiger partial charge in [-0.3, -0.25) is 10.1 Å². The van der Waals surface area contributed by atoms with E-state index >= 15 is 0 Å². The lowest BCUT2D eigenvalue weighted by molar-refractivity contribution is -0.124. The Balaban J connectivity index is 1.73. The molecule has 1 saturated carbocycles. The summed E-state index contributed by atoms with van der Waals surface area (Å²) in [6.45, 7) is 0.837. The fourth-order valence-electron chi connectivity index (χ4n) is 3.36. The van der Waals surface area contributed by atoms with Crippen LogP contribution in [-0.4, -0.2) is 18.5 Å². The number of hydrogen-bond donors (Lipinski definition) is 2. The molecule has 1 saturated heterocycles. The lowest BCUT2D eigenvalue weighted by Gasteiger charge is -2.30. The van der Waals surface area contributed by atoms with Gasteiger partial charge in [-0.1, -0.05) is 18.9 Å². The molecule has 2 fully saturated rings. The Morgan fingerprint density at radius 1 is 1.26 bits per heavy atom. The van der Waals surface area contributed by atoms with Crippen LogP contribution in [0.2, 0.25) is 0 Å². The summed E-state index contributed by atoms with van der Waals surface area (Å²) in [7, 11) is 0. The number of hydrogen-bond acceptors (Lipinski definition) is 3. The van der Waals surface area contributed by atoms with Gasteiger partial charge >= 0.3 is 0 Å². The zero-order valence-corrected chi connectivity index (χ0v) is 12.0.